The van der Waals surface area contributed by atoms with Crippen molar-refractivity contribution in [3.8, 4) is 0 Å². The number of carbonyl (C=O) groups excluding carboxylic acids is 3. The molecule has 2 rings (SSSR count). The van der Waals surface area contributed by atoms with E-state index in [1.807, 2.05) is 6.92 Å². The van der Waals surface area contributed by atoms with Crippen LogP contribution >= 0.6 is 0 Å². The number of hydrogen-bond donors (Lipinski definition) is 2. The van der Waals surface area contributed by atoms with Gasteiger partial charge in [0.25, 0.3) is 5.91 Å². The fourth-order valence-electron chi connectivity index (χ4n) is 2.80. The summed E-state index contributed by atoms with van der Waals surface area (Å²) in [5.74, 6) is -0.407. The van der Waals surface area contributed by atoms with E-state index in [0.717, 1.165) is 12.8 Å². The summed E-state index contributed by atoms with van der Waals surface area (Å²) in [5, 5.41) is 5.36. The van der Waals surface area contributed by atoms with Crippen molar-refractivity contribution in [1.82, 2.24) is 10.2 Å². The minimum atomic E-state index is -0.630. The molecule has 7 heteroatoms. The summed E-state index contributed by atoms with van der Waals surface area (Å²) >= 11 is 0. The summed E-state index contributed by atoms with van der Waals surface area (Å²) in [6.45, 7) is 3.44. The van der Waals surface area contributed by atoms with Crippen LogP contribution in [0.1, 0.15) is 30.1 Å². The fourth-order valence-corrected chi connectivity index (χ4v) is 2.80. The van der Waals surface area contributed by atoms with Crippen molar-refractivity contribution in [3.05, 3.63) is 29.8 Å². The number of likely N-dealkylation sites (tertiary alicyclic amines) is 1. The normalized spacial score (nSPS) is 17.1. The number of nitrogens with one attached hydrogen (secondary N) is 2. The van der Waals surface area contributed by atoms with E-state index in [2.05, 4.69) is 15.4 Å². The Balaban J connectivity index is 2.13. The van der Waals surface area contributed by atoms with Crippen LogP contribution in [0.5, 0.6) is 0 Å². The first-order valence-corrected chi connectivity index (χ1v) is 8.07. The molecule has 1 aromatic carbocycles. The SMILES string of the molecule is CCNC(=O)[C@@H]1CCCN(C(=O)c2ccccc2NC(=O)OC)C1. The molecule has 1 heterocycles. The number of anilines is 1. The van der Waals surface area contributed by atoms with E-state index in [1.165, 1.54) is 7.11 Å². The van der Waals surface area contributed by atoms with Crippen LogP contribution in [0.4, 0.5) is 10.5 Å². The molecular weight excluding hydrogens is 310 g/mol. The second-order valence-electron chi connectivity index (χ2n) is 5.65. The standard InChI is InChI=1S/C17H23N3O4/c1-3-18-15(21)12-7-6-10-20(11-12)16(22)13-8-4-5-9-14(13)19-17(23)24-2/h4-5,8-9,12H,3,6-7,10-11H2,1-2H3,(H,18,21)(H,19,23)/t12-/m1/s1. The predicted octanol–water partition coefficient (Wildman–Crippen LogP) is 1.85. The van der Waals surface area contributed by atoms with Gasteiger partial charge in [0, 0.05) is 19.6 Å². The van der Waals surface area contributed by atoms with Gasteiger partial charge >= 0.3 is 6.09 Å². The highest BCUT2D eigenvalue weighted by molar-refractivity contribution is 6.02. The van der Waals surface area contributed by atoms with E-state index >= 15 is 0 Å². The summed E-state index contributed by atoms with van der Waals surface area (Å²) < 4.78 is 4.58. The van der Waals surface area contributed by atoms with Gasteiger partial charge < -0.3 is 15.0 Å². The highest BCUT2D eigenvalue weighted by atomic mass is 16.5. The first-order valence-electron chi connectivity index (χ1n) is 8.07. The van der Waals surface area contributed by atoms with Gasteiger partial charge in [-0.2, -0.15) is 0 Å². The second-order valence-corrected chi connectivity index (χ2v) is 5.65. The summed E-state index contributed by atoms with van der Waals surface area (Å²) in [4.78, 5) is 38.0. The van der Waals surface area contributed by atoms with Gasteiger partial charge in [-0.3, -0.25) is 14.9 Å². The largest absolute Gasteiger partial charge is 0.453 e. The fraction of sp³-hybridized carbons (Fsp3) is 0.471. The zero-order valence-electron chi connectivity index (χ0n) is 14.0. The minimum absolute atomic E-state index is 0.0176. The van der Waals surface area contributed by atoms with E-state index in [0.29, 0.717) is 30.9 Å². The third-order valence-electron chi connectivity index (χ3n) is 4.01. The molecule has 0 spiro atoms. The molecule has 1 fully saturated rings. The van der Waals surface area contributed by atoms with E-state index in [-0.39, 0.29) is 17.7 Å². The number of benzene rings is 1. The molecule has 0 radical (unpaired) electrons. The Hall–Kier alpha value is -2.57. The smallest absolute Gasteiger partial charge is 0.411 e. The number of para-hydroxylation sites is 1. The number of hydrogen-bond acceptors (Lipinski definition) is 4. The van der Waals surface area contributed by atoms with Gasteiger partial charge in [-0.25, -0.2) is 4.79 Å². The van der Waals surface area contributed by atoms with Crippen molar-refractivity contribution in [2.45, 2.75) is 19.8 Å². The van der Waals surface area contributed by atoms with E-state index in [9.17, 15) is 14.4 Å². The lowest BCUT2D eigenvalue weighted by Gasteiger charge is -2.32. The molecule has 7 nitrogen and oxygen atoms in total. The molecular formula is C17H23N3O4. The summed E-state index contributed by atoms with van der Waals surface area (Å²) in [6, 6.07) is 6.77. The van der Waals surface area contributed by atoms with Gasteiger partial charge in [-0.05, 0) is 31.9 Å². The van der Waals surface area contributed by atoms with E-state index < -0.39 is 6.09 Å². The molecule has 24 heavy (non-hydrogen) atoms. The van der Waals surface area contributed by atoms with E-state index in [1.54, 1.807) is 29.2 Å². The Kier molecular flexibility index (Phi) is 6.17. The van der Waals surface area contributed by atoms with Crippen molar-refractivity contribution >= 4 is 23.6 Å². The maximum Gasteiger partial charge on any atom is 0.411 e. The molecule has 0 unspecified atom stereocenters. The molecule has 1 aliphatic heterocycles. The lowest BCUT2D eigenvalue weighted by molar-refractivity contribution is -0.126. The topological polar surface area (TPSA) is 87.7 Å². The summed E-state index contributed by atoms with van der Waals surface area (Å²) in [5.41, 5.74) is 0.786. The maximum absolute atomic E-state index is 12.8. The van der Waals surface area contributed by atoms with Gasteiger partial charge in [-0.15, -0.1) is 0 Å². The Morgan fingerprint density at radius 1 is 1.29 bits per heavy atom. The van der Waals surface area contributed by atoms with Crippen LogP contribution in [0.25, 0.3) is 0 Å². The Bertz CT molecular complexity index is 618. The highest BCUT2D eigenvalue weighted by Gasteiger charge is 2.29. The Labute approximate surface area is 141 Å². The monoisotopic (exact) mass is 333 g/mol. The van der Waals surface area contributed by atoms with Crippen LogP contribution in [0.2, 0.25) is 0 Å². The van der Waals surface area contributed by atoms with Gasteiger partial charge in [0.1, 0.15) is 0 Å². The molecule has 1 saturated heterocycles. The first-order chi connectivity index (χ1) is 11.6. The van der Waals surface area contributed by atoms with Crippen molar-refractivity contribution < 1.29 is 19.1 Å². The van der Waals surface area contributed by atoms with Gasteiger partial charge in [0.05, 0.1) is 24.3 Å². The van der Waals surface area contributed by atoms with Crippen LogP contribution in [0.3, 0.4) is 0 Å². The molecule has 1 atom stereocenters. The Morgan fingerprint density at radius 2 is 2.04 bits per heavy atom. The van der Waals surface area contributed by atoms with Gasteiger partial charge in [-0.1, -0.05) is 12.1 Å². The second kappa shape index (κ2) is 8.33. The van der Waals surface area contributed by atoms with Crippen LogP contribution < -0.4 is 10.6 Å². The third-order valence-corrected chi connectivity index (χ3v) is 4.01. The maximum atomic E-state index is 12.8. The zero-order chi connectivity index (χ0) is 17.5. The van der Waals surface area contributed by atoms with Crippen molar-refractivity contribution in [2.75, 3.05) is 32.1 Å². The number of piperidine rings is 1. The third kappa shape index (κ3) is 4.24. The van der Waals surface area contributed by atoms with Crippen LogP contribution in [0, 0.1) is 5.92 Å². The first kappa shape index (κ1) is 17.8. The molecule has 1 aromatic rings. The predicted molar refractivity (Wildman–Crippen MR) is 89.8 cm³/mol. The number of carbonyl (C=O) groups is 3. The molecule has 0 bridgehead atoms. The molecule has 0 saturated carbocycles. The zero-order valence-corrected chi connectivity index (χ0v) is 14.0. The number of methoxy groups -OCH3 is 1. The average molecular weight is 333 g/mol. The van der Waals surface area contributed by atoms with Gasteiger partial charge in [0.2, 0.25) is 5.91 Å². The summed E-state index contributed by atoms with van der Waals surface area (Å²) in [6.07, 6.45) is 0.923. The Morgan fingerprint density at radius 3 is 2.75 bits per heavy atom. The van der Waals surface area contributed by atoms with Crippen molar-refractivity contribution in [1.29, 1.82) is 0 Å². The van der Waals surface area contributed by atoms with Crippen LogP contribution in [-0.2, 0) is 9.53 Å². The average Bonchev–Trinajstić information content (AvgIpc) is 2.61. The number of rotatable bonds is 4. The van der Waals surface area contributed by atoms with Crippen molar-refractivity contribution in [3.63, 3.8) is 0 Å². The highest BCUT2D eigenvalue weighted by Crippen LogP contribution is 2.22. The molecule has 3 amide bonds. The minimum Gasteiger partial charge on any atom is -0.453 e. The lowest BCUT2D eigenvalue weighted by atomic mass is 9.96. The number of amides is 3. The summed E-state index contributed by atoms with van der Waals surface area (Å²) in [7, 11) is 1.27. The molecule has 1 aliphatic rings. The number of ether oxygens (including phenoxy) is 1. The molecule has 0 aromatic heterocycles. The quantitative estimate of drug-likeness (QED) is 0.880. The molecule has 2 N–H and O–H groups in total. The van der Waals surface area contributed by atoms with Crippen LogP contribution in [0.15, 0.2) is 24.3 Å². The lowest BCUT2D eigenvalue weighted by Crippen LogP contribution is -2.45. The van der Waals surface area contributed by atoms with Gasteiger partial charge in [0.15, 0.2) is 0 Å². The van der Waals surface area contributed by atoms with Crippen LogP contribution in [-0.4, -0.2) is 49.6 Å². The van der Waals surface area contributed by atoms with E-state index in [4.69, 9.17) is 0 Å². The molecule has 130 valence electrons. The van der Waals surface area contributed by atoms with Crippen molar-refractivity contribution in [2.24, 2.45) is 5.92 Å². The number of nitrogens with zero attached hydrogens (tertiary/aromatic N) is 1. The molecule has 0 aliphatic carbocycles.